The molecule has 0 fully saturated rings. The normalized spacial score (nSPS) is 11.9. The summed E-state index contributed by atoms with van der Waals surface area (Å²) >= 11 is 0. The Morgan fingerprint density at radius 2 is 1.22 bits per heavy atom. The summed E-state index contributed by atoms with van der Waals surface area (Å²) in [5.41, 5.74) is 3.76. The molecule has 184 valence electrons. The van der Waals surface area contributed by atoms with Crippen molar-refractivity contribution in [2.75, 3.05) is 34.4 Å². The number of halogens is 1. The second-order valence-electron chi connectivity index (χ2n) is 9.16. The number of rotatable bonds is 8. The number of methoxy groups -OCH3 is 1. The molecule has 3 nitrogen and oxygen atoms in total. The topological polar surface area (TPSA) is 21.7 Å². The molecule has 0 bridgehead atoms. The van der Waals surface area contributed by atoms with Crippen molar-refractivity contribution in [3.63, 3.8) is 0 Å². The van der Waals surface area contributed by atoms with E-state index in [1.165, 1.54) is 38.2 Å². The van der Waals surface area contributed by atoms with Crippen molar-refractivity contribution in [2.24, 2.45) is 0 Å². The highest BCUT2D eigenvalue weighted by Crippen LogP contribution is 2.40. The van der Waals surface area contributed by atoms with E-state index in [1.54, 1.807) is 7.11 Å². The van der Waals surface area contributed by atoms with E-state index >= 15 is 0 Å². The van der Waals surface area contributed by atoms with Crippen LogP contribution in [0.15, 0.2) is 103 Å². The molecule has 5 aromatic rings. The molecule has 0 N–H and O–H groups in total. The van der Waals surface area contributed by atoms with Gasteiger partial charge in [-0.1, -0.05) is 72.8 Å². The molecule has 0 aliphatic heterocycles. The maximum atomic E-state index is 5.96. The fourth-order valence-electron chi connectivity index (χ4n) is 4.77. The third kappa shape index (κ3) is 5.33. The highest BCUT2D eigenvalue weighted by atomic mass is 35.5. The van der Waals surface area contributed by atoms with Crippen LogP contribution in [0.2, 0.25) is 0 Å². The Labute approximate surface area is 219 Å². The van der Waals surface area contributed by atoms with Gasteiger partial charge in [0.1, 0.15) is 18.1 Å². The summed E-state index contributed by atoms with van der Waals surface area (Å²) < 4.78 is 11.4. The fourth-order valence-corrected chi connectivity index (χ4v) is 4.77. The molecule has 1 unspecified atom stereocenters. The molecule has 0 spiro atoms. The highest BCUT2D eigenvalue weighted by molar-refractivity contribution is 6.09. The summed E-state index contributed by atoms with van der Waals surface area (Å²) in [6.07, 6.45) is 0. The van der Waals surface area contributed by atoms with Gasteiger partial charge in [0.25, 0.3) is 0 Å². The molecule has 0 saturated carbocycles. The fraction of sp³-hybridized carbons (Fsp3) is 0.188. The van der Waals surface area contributed by atoms with Crippen LogP contribution < -0.4 is 9.47 Å². The molecule has 0 saturated heterocycles. The predicted octanol–water partition coefficient (Wildman–Crippen LogP) is 7.54. The zero-order valence-electron chi connectivity index (χ0n) is 21.0. The first-order valence-corrected chi connectivity index (χ1v) is 12.1. The summed E-state index contributed by atoms with van der Waals surface area (Å²) in [6, 6.07) is 36.7. The second kappa shape index (κ2) is 11.5. The molecule has 5 rings (SSSR count). The number of hydrogen-bond donors (Lipinski definition) is 0. The van der Waals surface area contributed by atoms with Crippen LogP contribution in [0.4, 0.5) is 0 Å². The third-order valence-electron chi connectivity index (χ3n) is 6.58. The van der Waals surface area contributed by atoms with Crippen molar-refractivity contribution < 1.29 is 9.47 Å². The van der Waals surface area contributed by atoms with Gasteiger partial charge in [-0.3, -0.25) is 0 Å². The number of likely N-dealkylation sites (N-methyl/N-ethyl adjacent to an activating group) is 1. The number of fused-ring (bicyclic) bond motifs is 3. The van der Waals surface area contributed by atoms with Crippen LogP contribution in [0.5, 0.6) is 11.5 Å². The van der Waals surface area contributed by atoms with Gasteiger partial charge in [-0.15, -0.1) is 12.4 Å². The molecule has 1 atom stereocenters. The van der Waals surface area contributed by atoms with Gasteiger partial charge in [0.2, 0.25) is 0 Å². The number of benzene rings is 5. The lowest BCUT2D eigenvalue weighted by Gasteiger charge is -2.22. The smallest absolute Gasteiger partial charge is 0.119 e. The Hall–Kier alpha value is -3.53. The lowest BCUT2D eigenvalue weighted by molar-refractivity contribution is 0.261. The van der Waals surface area contributed by atoms with E-state index in [1.807, 2.05) is 12.1 Å². The van der Waals surface area contributed by atoms with Crippen LogP contribution in [0, 0.1) is 0 Å². The van der Waals surface area contributed by atoms with Crippen LogP contribution in [-0.2, 0) is 0 Å². The lowest BCUT2D eigenvalue weighted by atomic mass is 9.81. The monoisotopic (exact) mass is 497 g/mol. The summed E-state index contributed by atoms with van der Waals surface area (Å²) in [5, 5.41) is 5.09. The van der Waals surface area contributed by atoms with Crippen molar-refractivity contribution in [3.8, 4) is 11.5 Å². The Morgan fingerprint density at radius 1 is 0.667 bits per heavy atom. The van der Waals surface area contributed by atoms with Crippen LogP contribution in [0.3, 0.4) is 0 Å². The van der Waals surface area contributed by atoms with Gasteiger partial charge in [0.05, 0.1) is 7.11 Å². The molecule has 0 amide bonds. The molecule has 0 aliphatic rings. The number of ether oxygens (including phenoxy) is 2. The minimum atomic E-state index is 0. The molecule has 0 radical (unpaired) electrons. The summed E-state index contributed by atoms with van der Waals surface area (Å²) in [4.78, 5) is 2.12. The second-order valence-corrected chi connectivity index (χ2v) is 9.16. The van der Waals surface area contributed by atoms with E-state index in [-0.39, 0.29) is 18.3 Å². The van der Waals surface area contributed by atoms with E-state index in [9.17, 15) is 0 Å². The number of hydrogen-bond acceptors (Lipinski definition) is 3. The Balaban J connectivity index is 0.00000304. The molecule has 0 heterocycles. The first-order chi connectivity index (χ1) is 17.1. The van der Waals surface area contributed by atoms with E-state index in [2.05, 4.69) is 110 Å². The minimum Gasteiger partial charge on any atom is -0.497 e. The quantitative estimate of drug-likeness (QED) is 0.163. The van der Waals surface area contributed by atoms with E-state index in [0.717, 1.165) is 18.0 Å². The van der Waals surface area contributed by atoms with Crippen molar-refractivity contribution in [3.05, 3.63) is 120 Å². The van der Waals surface area contributed by atoms with Crippen molar-refractivity contribution in [2.45, 2.75) is 5.92 Å². The standard InChI is InChI=1S/C32H31NO2.ClH/c1-33(2)20-21-35-27-18-14-24(15-19-27)32(23-12-16-26(34-3)17-13-23)31-22-25-8-4-5-9-28(25)29-10-6-7-11-30(29)31;/h4-19,22,32H,20-21H2,1-3H3;1H. The first-order valence-electron chi connectivity index (χ1n) is 12.1. The van der Waals surface area contributed by atoms with Gasteiger partial charge in [-0.2, -0.15) is 0 Å². The maximum absolute atomic E-state index is 5.96. The average Bonchev–Trinajstić information content (AvgIpc) is 2.90. The van der Waals surface area contributed by atoms with Gasteiger partial charge in [0.15, 0.2) is 0 Å². The average molecular weight is 498 g/mol. The van der Waals surface area contributed by atoms with Gasteiger partial charge in [0, 0.05) is 12.5 Å². The van der Waals surface area contributed by atoms with Gasteiger partial charge >= 0.3 is 0 Å². The third-order valence-corrected chi connectivity index (χ3v) is 6.58. The number of nitrogens with zero attached hydrogens (tertiary/aromatic N) is 1. The van der Waals surface area contributed by atoms with Crippen LogP contribution >= 0.6 is 12.4 Å². The molecule has 4 heteroatoms. The summed E-state index contributed by atoms with van der Waals surface area (Å²) in [7, 11) is 5.82. The molecular weight excluding hydrogens is 466 g/mol. The SMILES string of the molecule is COc1ccc(C(c2ccc(OCCN(C)C)cc2)c2cc3ccccc3c3ccccc23)cc1.Cl. The van der Waals surface area contributed by atoms with Gasteiger partial charge in [-0.05, 0) is 82.7 Å². The van der Waals surface area contributed by atoms with E-state index in [0.29, 0.717) is 6.61 Å². The van der Waals surface area contributed by atoms with Crippen molar-refractivity contribution >= 4 is 34.0 Å². The van der Waals surface area contributed by atoms with E-state index in [4.69, 9.17) is 9.47 Å². The molecule has 5 aromatic carbocycles. The van der Waals surface area contributed by atoms with Crippen LogP contribution in [0.1, 0.15) is 22.6 Å². The Morgan fingerprint density at radius 3 is 1.83 bits per heavy atom. The lowest BCUT2D eigenvalue weighted by Crippen LogP contribution is -2.19. The molecular formula is C32H32ClNO2. The first kappa shape index (κ1) is 25.6. The predicted molar refractivity (Wildman–Crippen MR) is 153 cm³/mol. The van der Waals surface area contributed by atoms with E-state index < -0.39 is 0 Å². The van der Waals surface area contributed by atoms with Crippen molar-refractivity contribution in [1.29, 1.82) is 0 Å². The van der Waals surface area contributed by atoms with Gasteiger partial charge < -0.3 is 14.4 Å². The largest absolute Gasteiger partial charge is 0.497 e. The molecule has 36 heavy (non-hydrogen) atoms. The zero-order valence-corrected chi connectivity index (χ0v) is 21.8. The summed E-state index contributed by atoms with van der Waals surface area (Å²) in [6.45, 7) is 1.56. The molecule has 0 aromatic heterocycles. The van der Waals surface area contributed by atoms with Crippen LogP contribution in [0.25, 0.3) is 21.5 Å². The Kier molecular flexibility index (Phi) is 8.14. The van der Waals surface area contributed by atoms with Crippen molar-refractivity contribution in [1.82, 2.24) is 4.90 Å². The van der Waals surface area contributed by atoms with Gasteiger partial charge in [-0.25, -0.2) is 0 Å². The Bertz CT molecular complexity index is 1430. The maximum Gasteiger partial charge on any atom is 0.119 e. The summed E-state index contributed by atoms with van der Waals surface area (Å²) in [5.74, 6) is 1.83. The minimum absolute atomic E-state index is 0. The highest BCUT2D eigenvalue weighted by Gasteiger charge is 2.21. The zero-order chi connectivity index (χ0) is 24.2. The molecule has 0 aliphatic carbocycles. The van der Waals surface area contributed by atoms with Crippen LogP contribution in [-0.4, -0.2) is 39.3 Å².